The summed E-state index contributed by atoms with van der Waals surface area (Å²) >= 11 is 8.11. The Morgan fingerprint density at radius 3 is 3.11 bits per heavy atom. The Kier molecular flexibility index (Phi) is 5.53. The van der Waals surface area contributed by atoms with Crippen LogP contribution in [0.1, 0.15) is 11.7 Å². The number of hydrogen-bond acceptors (Lipinski definition) is 5. The van der Waals surface area contributed by atoms with Gasteiger partial charge in [-0.05, 0) is 14.1 Å². The summed E-state index contributed by atoms with van der Waals surface area (Å²) in [5.41, 5.74) is 7.21. The van der Waals surface area contributed by atoms with Crippen molar-refractivity contribution in [3.05, 3.63) is 16.9 Å². The topological polar surface area (TPSA) is 56.3 Å². The number of halogens is 1. The quantitative estimate of drug-likeness (QED) is 0.887. The van der Waals surface area contributed by atoms with E-state index in [4.69, 9.17) is 22.1 Å². The van der Waals surface area contributed by atoms with E-state index in [1.165, 1.54) is 0 Å². The average molecular weight is 305 g/mol. The van der Waals surface area contributed by atoms with Crippen LogP contribution in [0.2, 0.25) is 5.02 Å². The molecule has 19 heavy (non-hydrogen) atoms. The minimum absolute atomic E-state index is 0.0195. The highest BCUT2D eigenvalue weighted by Crippen LogP contribution is 2.28. The summed E-state index contributed by atoms with van der Waals surface area (Å²) in [5, 5.41) is 4.95. The van der Waals surface area contributed by atoms with Gasteiger partial charge < -0.3 is 15.4 Å². The summed E-state index contributed by atoms with van der Waals surface area (Å²) in [7, 11) is 4.07. The van der Waals surface area contributed by atoms with Crippen LogP contribution < -0.4 is 5.73 Å². The zero-order chi connectivity index (χ0) is 13.8. The lowest BCUT2D eigenvalue weighted by Gasteiger charge is -2.28. The molecule has 1 aromatic heterocycles. The molecular formula is C12H21ClN4OS. The van der Waals surface area contributed by atoms with Gasteiger partial charge in [0.05, 0.1) is 42.2 Å². The van der Waals surface area contributed by atoms with Gasteiger partial charge >= 0.3 is 0 Å². The van der Waals surface area contributed by atoms with Gasteiger partial charge in [-0.3, -0.25) is 4.68 Å². The van der Waals surface area contributed by atoms with Gasteiger partial charge in [-0.15, -0.1) is 0 Å². The van der Waals surface area contributed by atoms with Crippen molar-refractivity contribution in [3.8, 4) is 0 Å². The highest BCUT2D eigenvalue weighted by molar-refractivity contribution is 7.99. The molecule has 5 nitrogen and oxygen atoms in total. The predicted molar refractivity (Wildman–Crippen MR) is 79.8 cm³/mol. The molecule has 2 unspecified atom stereocenters. The van der Waals surface area contributed by atoms with Crippen molar-refractivity contribution in [1.82, 2.24) is 14.7 Å². The van der Waals surface area contributed by atoms with Crippen molar-refractivity contribution < 1.29 is 4.74 Å². The molecule has 1 fully saturated rings. The molecule has 0 aliphatic carbocycles. The lowest BCUT2D eigenvalue weighted by atomic mass is 10.1. The van der Waals surface area contributed by atoms with Gasteiger partial charge in [0.15, 0.2) is 0 Å². The van der Waals surface area contributed by atoms with E-state index in [0.717, 1.165) is 36.9 Å². The number of thioether (sulfide) groups is 1. The molecule has 0 aromatic carbocycles. The van der Waals surface area contributed by atoms with Gasteiger partial charge in [-0.1, -0.05) is 11.6 Å². The first kappa shape index (κ1) is 15.1. The number of nitrogens with zero attached hydrogens (tertiary/aromatic N) is 3. The zero-order valence-corrected chi connectivity index (χ0v) is 13.0. The smallest absolute Gasteiger partial charge is 0.0873 e. The summed E-state index contributed by atoms with van der Waals surface area (Å²) in [6.07, 6.45) is 1.69. The zero-order valence-electron chi connectivity index (χ0n) is 11.4. The fourth-order valence-electron chi connectivity index (χ4n) is 2.07. The van der Waals surface area contributed by atoms with Crippen molar-refractivity contribution in [2.75, 3.05) is 38.8 Å². The van der Waals surface area contributed by atoms with Crippen LogP contribution in [0.25, 0.3) is 0 Å². The molecular weight excluding hydrogens is 284 g/mol. The summed E-state index contributed by atoms with van der Waals surface area (Å²) in [6.45, 7) is 2.44. The average Bonchev–Trinajstić information content (AvgIpc) is 2.78. The monoisotopic (exact) mass is 304 g/mol. The largest absolute Gasteiger partial charge is 0.374 e. The Labute approximate surface area is 123 Å². The second kappa shape index (κ2) is 6.95. The molecule has 1 saturated heterocycles. The molecule has 0 amide bonds. The van der Waals surface area contributed by atoms with Crippen molar-refractivity contribution in [2.45, 2.75) is 18.7 Å². The van der Waals surface area contributed by atoms with Crippen LogP contribution in [0, 0.1) is 0 Å². The van der Waals surface area contributed by atoms with Gasteiger partial charge in [0.25, 0.3) is 0 Å². The van der Waals surface area contributed by atoms with Crippen molar-refractivity contribution >= 4 is 23.4 Å². The molecule has 1 aliphatic heterocycles. The summed E-state index contributed by atoms with van der Waals surface area (Å²) in [5.74, 6) is 1.95. The van der Waals surface area contributed by atoms with E-state index in [1.807, 2.05) is 30.5 Å². The van der Waals surface area contributed by atoms with Crippen LogP contribution in [0.5, 0.6) is 0 Å². The van der Waals surface area contributed by atoms with Gasteiger partial charge in [0.2, 0.25) is 0 Å². The fraction of sp³-hybridized carbons (Fsp3) is 0.750. The molecule has 7 heteroatoms. The number of hydrogen-bond donors (Lipinski definition) is 1. The van der Waals surface area contributed by atoms with Crippen LogP contribution >= 0.6 is 23.4 Å². The van der Waals surface area contributed by atoms with E-state index in [1.54, 1.807) is 6.20 Å². The first-order valence-corrected chi connectivity index (χ1v) is 7.93. The maximum absolute atomic E-state index is 6.32. The number of rotatable bonds is 5. The number of likely N-dealkylation sites (N-methyl/N-ethyl adjacent to an activating group) is 1. The van der Waals surface area contributed by atoms with Crippen LogP contribution in [-0.2, 0) is 11.3 Å². The highest BCUT2D eigenvalue weighted by atomic mass is 35.5. The Morgan fingerprint density at radius 1 is 1.68 bits per heavy atom. The maximum Gasteiger partial charge on any atom is 0.0873 e. The van der Waals surface area contributed by atoms with Crippen molar-refractivity contribution in [2.24, 2.45) is 5.73 Å². The molecule has 0 radical (unpaired) electrons. The minimum Gasteiger partial charge on any atom is -0.374 e. The molecule has 1 aromatic rings. The van der Waals surface area contributed by atoms with E-state index < -0.39 is 0 Å². The molecule has 2 rings (SSSR count). The Morgan fingerprint density at radius 2 is 2.47 bits per heavy atom. The van der Waals surface area contributed by atoms with Crippen LogP contribution in [0.4, 0.5) is 0 Å². The third kappa shape index (κ3) is 3.86. The summed E-state index contributed by atoms with van der Waals surface area (Å²) < 4.78 is 7.64. The Bertz CT molecular complexity index is 406. The third-order valence-corrected chi connectivity index (χ3v) is 4.46. The molecule has 2 atom stereocenters. The highest BCUT2D eigenvalue weighted by Gasteiger charge is 2.27. The second-order valence-electron chi connectivity index (χ2n) is 4.91. The second-order valence-corrected chi connectivity index (χ2v) is 6.47. The Balaban J connectivity index is 2.10. The van der Waals surface area contributed by atoms with Gasteiger partial charge in [-0.2, -0.15) is 16.9 Å². The fourth-order valence-corrected chi connectivity index (χ4v) is 3.25. The number of nitrogens with two attached hydrogens (primary N) is 1. The first-order chi connectivity index (χ1) is 9.09. The molecule has 0 spiro atoms. The summed E-state index contributed by atoms with van der Waals surface area (Å²) in [6, 6.07) is -0.218. The van der Waals surface area contributed by atoms with Crippen LogP contribution in [0.3, 0.4) is 0 Å². The molecule has 2 heterocycles. The minimum atomic E-state index is -0.218. The molecule has 1 aliphatic rings. The SMILES string of the molecule is CN(C)CCn1ncc(Cl)c1C(N)C1CSCCO1. The number of aromatic nitrogens is 2. The maximum atomic E-state index is 6.32. The normalized spacial score (nSPS) is 21.8. The van der Waals surface area contributed by atoms with Crippen LogP contribution in [-0.4, -0.2) is 59.5 Å². The third-order valence-electron chi connectivity index (χ3n) is 3.15. The van der Waals surface area contributed by atoms with E-state index in [9.17, 15) is 0 Å². The van der Waals surface area contributed by atoms with Crippen molar-refractivity contribution in [1.29, 1.82) is 0 Å². The first-order valence-electron chi connectivity index (χ1n) is 6.40. The van der Waals surface area contributed by atoms with E-state index >= 15 is 0 Å². The number of ether oxygens (including phenoxy) is 1. The molecule has 2 N–H and O–H groups in total. The predicted octanol–water partition coefficient (Wildman–Crippen LogP) is 1.23. The lowest BCUT2D eigenvalue weighted by molar-refractivity contribution is 0.0547. The van der Waals surface area contributed by atoms with Crippen molar-refractivity contribution in [3.63, 3.8) is 0 Å². The summed E-state index contributed by atoms with van der Waals surface area (Å²) in [4.78, 5) is 2.11. The molecule has 0 bridgehead atoms. The van der Waals surface area contributed by atoms with E-state index in [2.05, 4.69) is 10.00 Å². The molecule has 108 valence electrons. The van der Waals surface area contributed by atoms with E-state index in [0.29, 0.717) is 5.02 Å². The standard InChI is InChI=1S/C12H21ClN4OS/c1-16(2)3-4-17-12(9(13)7-15-17)11(14)10-8-19-6-5-18-10/h7,10-11H,3-6,8,14H2,1-2H3. The van der Waals surface area contributed by atoms with Gasteiger partial charge in [0.1, 0.15) is 0 Å². The van der Waals surface area contributed by atoms with Gasteiger partial charge in [-0.25, -0.2) is 0 Å². The van der Waals surface area contributed by atoms with E-state index in [-0.39, 0.29) is 12.1 Å². The molecule has 0 saturated carbocycles. The Hall–Kier alpha value is -0.270. The lowest BCUT2D eigenvalue weighted by Crippen LogP contribution is -2.36. The van der Waals surface area contributed by atoms with Crippen LogP contribution in [0.15, 0.2) is 6.20 Å². The van der Waals surface area contributed by atoms with Gasteiger partial charge in [0, 0.05) is 18.1 Å².